The van der Waals surface area contributed by atoms with E-state index in [2.05, 4.69) is 15.2 Å². The molecule has 11 heteroatoms. The number of nitrogens with one attached hydrogen (secondary N) is 2. The second-order valence-electron chi connectivity index (χ2n) is 9.88. The third-order valence-corrected chi connectivity index (χ3v) is 10.00. The maximum absolute atomic E-state index is 15.7. The zero-order valence-electron chi connectivity index (χ0n) is 20.9. The van der Waals surface area contributed by atoms with Crippen LogP contribution in [0.1, 0.15) is 37.2 Å². The molecule has 1 atom stereocenters. The molecule has 1 aliphatic heterocycles. The quantitative estimate of drug-likeness (QED) is 0.463. The maximum atomic E-state index is 15.7. The molecule has 1 amide bonds. The third kappa shape index (κ3) is 4.97. The number of aromatic nitrogens is 2. The van der Waals surface area contributed by atoms with E-state index in [1.54, 1.807) is 19.3 Å². The molecule has 1 fully saturated rings. The number of aryl methyl sites for hydroxylation is 1. The number of halogens is 1. The van der Waals surface area contributed by atoms with Crippen LogP contribution in [0.5, 0.6) is 5.75 Å². The van der Waals surface area contributed by atoms with Crippen LogP contribution in [0, 0.1) is 5.82 Å². The van der Waals surface area contributed by atoms with Gasteiger partial charge in [-0.2, -0.15) is 0 Å². The summed E-state index contributed by atoms with van der Waals surface area (Å²) in [6.45, 7) is 8.02. The Labute approximate surface area is 207 Å². The first-order valence-electron chi connectivity index (χ1n) is 11.6. The molecule has 0 spiro atoms. The SMILES string of the molecule is CC(C)NC(=O)c1cc2c(-c3sc(P(C)(C)=O)c(F)c3OCC3CCCN3C)cn(C)c(=O)c2[nH]1. The van der Waals surface area contributed by atoms with E-state index in [1.807, 2.05) is 20.9 Å². The minimum absolute atomic E-state index is 0.0450. The molecule has 2 N–H and O–H groups in total. The van der Waals surface area contributed by atoms with Gasteiger partial charge >= 0.3 is 0 Å². The van der Waals surface area contributed by atoms with Crippen molar-refractivity contribution in [3.8, 4) is 16.2 Å². The molecular weight excluding hydrogens is 490 g/mol. The van der Waals surface area contributed by atoms with Gasteiger partial charge in [-0.25, -0.2) is 4.39 Å². The zero-order chi connectivity index (χ0) is 25.7. The summed E-state index contributed by atoms with van der Waals surface area (Å²) in [5, 5.41) is 3.30. The number of hydrogen-bond donors (Lipinski definition) is 2. The molecule has 0 aliphatic carbocycles. The number of ether oxygens (including phenoxy) is 1. The second-order valence-corrected chi connectivity index (χ2v) is 14.3. The average Bonchev–Trinajstić information content (AvgIpc) is 3.46. The Hall–Kier alpha value is -2.42. The fourth-order valence-electron chi connectivity index (χ4n) is 4.38. The lowest BCUT2D eigenvalue weighted by molar-refractivity contribution is 0.0939. The Bertz CT molecular complexity index is 1390. The molecule has 0 radical (unpaired) electrons. The van der Waals surface area contributed by atoms with Crippen LogP contribution in [0.4, 0.5) is 4.39 Å². The lowest BCUT2D eigenvalue weighted by atomic mass is 10.1. The number of fused-ring (bicyclic) bond motifs is 1. The zero-order valence-corrected chi connectivity index (χ0v) is 22.6. The van der Waals surface area contributed by atoms with Crippen molar-refractivity contribution in [3.05, 3.63) is 34.1 Å². The van der Waals surface area contributed by atoms with Crippen molar-refractivity contribution in [1.29, 1.82) is 0 Å². The first-order valence-corrected chi connectivity index (χ1v) is 15.0. The van der Waals surface area contributed by atoms with E-state index in [0.717, 1.165) is 30.7 Å². The fraction of sp³-hybridized carbons (Fsp3) is 0.500. The number of aromatic amines is 1. The van der Waals surface area contributed by atoms with Gasteiger partial charge in [-0.3, -0.25) is 9.59 Å². The van der Waals surface area contributed by atoms with Gasteiger partial charge in [-0.1, -0.05) is 0 Å². The topological polar surface area (TPSA) is 96.4 Å². The molecular formula is C24H32FN4O4PS. The van der Waals surface area contributed by atoms with Crippen LogP contribution in [0.25, 0.3) is 21.3 Å². The largest absolute Gasteiger partial charge is 0.487 e. The lowest BCUT2D eigenvalue weighted by Crippen LogP contribution is -2.30. The highest BCUT2D eigenvalue weighted by molar-refractivity contribution is 7.75. The normalized spacial score (nSPS) is 17.0. The summed E-state index contributed by atoms with van der Waals surface area (Å²) in [4.78, 5) is 31.1. The monoisotopic (exact) mass is 522 g/mol. The molecule has 3 aromatic heterocycles. The molecule has 0 bridgehead atoms. The Morgan fingerprint density at radius 1 is 1.37 bits per heavy atom. The number of H-pyrrole nitrogens is 1. The Balaban J connectivity index is 1.88. The van der Waals surface area contributed by atoms with E-state index in [-0.39, 0.29) is 45.1 Å². The summed E-state index contributed by atoms with van der Waals surface area (Å²) in [6, 6.07) is 1.69. The number of carbonyl (C=O) groups excluding carboxylic acids is 1. The molecule has 1 aliphatic rings. The van der Waals surface area contributed by atoms with Crippen molar-refractivity contribution < 1.29 is 18.5 Å². The molecule has 0 aromatic carbocycles. The molecule has 8 nitrogen and oxygen atoms in total. The van der Waals surface area contributed by atoms with Crippen LogP contribution < -0.4 is 20.2 Å². The number of thiophene rings is 1. The number of pyridine rings is 1. The molecule has 3 aromatic rings. The van der Waals surface area contributed by atoms with E-state index in [9.17, 15) is 14.2 Å². The third-order valence-electron chi connectivity index (χ3n) is 6.25. The Morgan fingerprint density at radius 2 is 2.09 bits per heavy atom. The number of likely N-dealkylation sites (tertiary alicyclic amines) is 1. The average molecular weight is 523 g/mol. The molecule has 4 rings (SSSR count). The minimum Gasteiger partial charge on any atom is -0.487 e. The standard InChI is InChI=1S/C24H32FN4O4PS/c1-13(2)26-22(30)17-10-15-16(11-29(4)23(31)19(15)27-17)21-20(18(25)24(35-21)34(5,6)32)33-12-14-8-7-9-28(14)3/h10-11,13-14,27H,7-9,12H2,1-6H3,(H,26,30). The van der Waals surface area contributed by atoms with E-state index >= 15 is 4.39 Å². The summed E-state index contributed by atoms with van der Waals surface area (Å²) < 4.78 is 36.2. The van der Waals surface area contributed by atoms with Gasteiger partial charge in [0.1, 0.15) is 29.6 Å². The number of nitrogens with zero attached hydrogens (tertiary/aromatic N) is 2. The van der Waals surface area contributed by atoms with Gasteiger partial charge in [0.05, 0.1) is 4.88 Å². The molecule has 0 saturated carbocycles. The van der Waals surface area contributed by atoms with Crippen LogP contribution in [-0.2, 0) is 11.6 Å². The van der Waals surface area contributed by atoms with Crippen LogP contribution in [-0.4, -0.2) is 66.0 Å². The van der Waals surface area contributed by atoms with Gasteiger partial charge in [0.25, 0.3) is 11.5 Å². The first kappa shape index (κ1) is 25.7. The molecule has 35 heavy (non-hydrogen) atoms. The van der Waals surface area contributed by atoms with Crippen molar-refractivity contribution in [2.45, 2.75) is 38.8 Å². The fourth-order valence-corrected chi connectivity index (χ4v) is 7.00. The molecule has 4 heterocycles. The van der Waals surface area contributed by atoms with Crippen LogP contribution >= 0.6 is 18.5 Å². The molecule has 190 valence electrons. The lowest BCUT2D eigenvalue weighted by Gasteiger charge is -2.20. The number of hydrogen-bond acceptors (Lipinski definition) is 6. The highest BCUT2D eigenvalue weighted by atomic mass is 32.1. The first-order chi connectivity index (χ1) is 16.4. The van der Waals surface area contributed by atoms with E-state index < -0.39 is 13.0 Å². The number of carbonyl (C=O) groups is 1. The summed E-state index contributed by atoms with van der Waals surface area (Å²) in [5.41, 5.74) is 0.714. The van der Waals surface area contributed by atoms with Crippen LogP contribution in [0.15, 0.2) is 17.1 Å². The van der Waals surface area contributed by atoms with Gasteiger partial charge in [0.2, 0.25) is 0 Å². The van der Waals surface area contributed by atoms with Gasteiger partial charge in [-0.15, -0.1) is 11.3 Å². The minimum atomic E-state index is -2.94. The van der Waals surface area contributed by atoms with Gasteiger partial charge in [0.15, 0.2) is 11.6 Å². The molecule has 1 saturated heterocycles. The van der Waals surface area contributed by atoms with Gasteiger partial charge < -0.3 is 29.1 Å². The Morgan fingerprint density at radius 3 is 2.69 bits per heavy atom. The second kappa shape index (κ2) is 9.56. The molecule has 1 unspecified atom stereocenters. The van der Waals surface area contributed by atoms with Crippen molar-refractivity contribution in [2.75, 3.05) is 33.5 Å². The number of likely N-dealkylation sites (N-methyl/N-ethyl adjacent to an activating group) is 1. The van der Waals surface area contributed by atoms with Gasteiger partial charge in [0, 0.05) is 36.3 Å². The van der Waals surface area contributed by atoms with E-state index in [4.69, 9.17) is 4.74 Å². The highest BCUT2D eigenvalue weighted by Gasteiger charge is 2.31. The predicted molar refractivity (Wildman–Crippen MR) is 140 cm³/mol. The van der Waals surface area contributed by atoms with Crippen molar-refractivity contribution in [1.82, 2.24) is 19.8 Å². The summed E-state index contributed by atoms with van der Waals surface area (Å²) in [7, 11) is 0.679. The smallest absolute Gasteiger partial charge is 0.274 e. The summed E-state index contributed by atoms with van der Waals surface area (Å²) in [6.07, 6.45) is 3.63. The number of rotatable bonds is 7. The van der Waals surface area contributed by atoms with Gasteiger partial charge in [-0.05, 0) is 59.7 Å². The van der Waals surface area contributed by atoms with Crippen molar-refractivity contribution >= 4 is 39.9 Å². The predicted octanol–water partition coefficient (Wildman–Crippen LogP) is 3.59. The van der Waals surface area contributed by atoms with Crippen molar-refractivity contribution in [2.24, 2.45) is 7.05 Å². The van der Waals surface area contributed by atoms with Crippen molar-refractivity contribution in [3.63, 3.8) is 0 Å². The summed E-state index contributed by atoms with van der Waals surface area (Å²) >= 11 is 1.08. The van der Waals surface area contributed by atoms with E-state index in [1.165, 1.54) is 17.9 Å². The Kier molecular flexibility index (Phi) is 7.01. The number of amides is 1. The van der Waals surface area contributed by atoms with Crippen LogP contribution in [0.3, 0.4) is 0 Å². The van der Waals surface area contributed by atoms with E-state index in [0.29, 0.717) is 22.4 Å². The summed E-state index contributed by atoms with van der Waals surface area (Å²) in [5.74, 6) is -0.910. The van der Waals surface area contributed by atoms with Crippen LogP contribution in [0.2, 0.25) is 0 Å². The highest BCUT2D eigenvalue weighted by Crippen LogP contribution is 2.48. The maximum Gasteiger partial charge on any atom is 0.274 e.